The van der Waals surface area contributed by atoms with Gasteiger partial charge in [0.2, 0.25) is 11.9 Å². The summed E-state index contributed by atoms with van der Waals surface area (Å²) < 4.78 is 16.7. The van der Waals surface area contributed by atoms with Gasteiger partial charge >= 0.3 is 0 Å². The van der Waals surface area contributed by atoms with Crippen molar-refractivity contribution in [2.24, 2.45) is 0 Å². The van der Waals surface area contributed by atoms with Gasteiger partial charge in [0.15, 0.2) is 11.1 Å². The zero-order valence-corrected chi connectivity index (χ0v) is 20.9. The van der Waals surface area contributed by atoms with Crippen molar-refractivity contribution in [1.29, 1.82) is 0 Å². The van der Waals surface area contributed by atoms with Crippen molar-refractivity contribution < 1.29 is 9.18 Å². The molecule has 0 saturated carbocycles. The fourth-order valence-corrected chi connectivity index (χ4v) is 4.44. The predicted octanol–water partition coefficient (Wildman–Crippen LogP) is 4.29. The Morgan fingerprint density at radius 3 is 2.71 bits per heavy atom. The number of nitrogens with zero attached hydrogens (tertiary/aromatic N) is 4. The number of amides is 1. The lowest BCUT2D eigenvalue weighted by Crippen LogP contribution is -2.36. The summed E-state index contributed by atoms with van der Waals surface area (Å²) in [7, 11) is 2.10. The van der Waals surface area contributed by atoms with Gasteiger partial charge in [-0.15, -0.1) is 0 Å². The molecule has 1 aliphatic rings. The van der Waals surface area contributed by atoms with Crippen LogP contribution < -0.4 is 21.4 Å². The number of piperidine rings is 1. The molecule has 0 aliphatic carbocycles. The predicted molar refractivity (Wildman–Crippen MR) is 148 cm³/mol. The molecule has 0 unspecified atom stereocenters. The van der Waals surface area contributed by atoms with Gasteiger partial charge in [-0.2, -0.15) is 4.98 Å². The molecule has 10 heteroatoms. The second-order valence-corrected chi connectivity index (χ2v) is 9.27. The smallest absolute Gasteiger partial charge is 0.247 e. The van der Waals surface area contributed by atoms with E-state index >= 15 is 0 Å². The summed E-state index contributed by atoms with van der Waals surface area (Å²) >= 11 is 0. The van der Waals surface area contributed by atoms with Crippen LogP contribution in [-0.4, -0.2) is 51.5 Å². The molecular weight excluding hydrogens is 485 g/mol. The second kappa shape index (κ2) is 10.8. The van der Waals surface area contributed by atoms with Gasteiger partial charge in [-0.1, -0.05) is 12.6 Å². The molecule has 2 aromatic heterocycles. The van der Waals surface area contributed by atoms with Gasteiger partial charge in [0.25, 0.3) is 0 Å². The number of benzene rings is 2. The van der Waals surface area contributed by atoms with Gasteiger partial charge in [0.05, 0.1) is 11.1 Å². The topological polar surface area (TPSA) is 104 Å². The molecule has 1 fully saturated rings. The van der Waals surface area contributed by atoms with Crippen molar-refractivity contribution in [2.75, 3.05) is 36.1 Å². The van der Waals surface area contributed by atoms with E-state index in [1.165, 1.54) is 24.4 Å². The number of fused-ring (bicyclic) bond motifs is 1. The lowest BCUT2D eigenvalue weighted by Gasteiger charge is -2.30. The maximum atomic E-state index is 15.0. The Morgan fingerprint density at radius 2 is 1.95 bits per heavy atom. The lowest BCUT2D eigenvalue weighted by atomic mass is 10.1. The van der Waals surface area contributed by atoms with Gasteiger partial charge < -0.3 is 25.4 Å². The van der Waals surface area contributed by atoms with Crippen LogP contribution in [0.15, 0.2) is 78.4 Å². The maximum absolute atomic E-state index is 15.0. The van der Waals surface area contributed by atoms with Crippen LogP contribution in [-0.2, 0) is 4.79 Å². The van der Waals surface area contributed by atoms with E-state index in [2.05, 4.69) is 44.4 Å². The van der Waals surface area contributed by atoms with Gasteiger partial charge in [0, 0.05) is 41.6 Å². The molecule has 1 amide bonds. The number of carbonyl (C=O) groups is 1. The first-order valence-corrected chi connectivity index (χ1v) is 12.3. The van der Waals surface area contributed by atoms with E-state index in [-0.39, 0.29) is 23.0 Å². The van der Waals surface area contributed by atoms with E-state index in [9.17, 15) is 14.0 Å². The second-order valence-electron chi connectivity index (χ2n) is 9.27. The number of pyridine rings is 1. The van der Waals surface area contributed by atoms with E-state index in [4.69, 9.17) is 0 Å². The molecule has 1 saturated heterocycles. The number of hydrogen-bond donors (Lipinski definition) is 3. The Morgan fingerprint density at radius 1 is 1.13 bits per heavy atom. The number of nitrogens with one attached hydrogen (secondary N) is 3. The number of likely N-dealkylation sites (tertiary alicyclic amines) is 1. The number of aromatic nitrogens is 3. The highest BCUT2D eigenvalue weighted by Gasteiger charge is 2.17. The van der Waals surface area contributed by atoms with Crippen LogP contribution >= 0.6 is 0 Å². The van der Waals surface area contributed by atoms with Crippen molar-refractivity contribution in [3.05, 3.63) is 89.6 Å². The van der Waals surface area contributed by atoms with Gasteiger partial charge in [-0.25, -0.2) is 9.37 Å². The summed E-state index contributed by atoms with van der Waals surface area (Å²) in [5.74, 6) is -0.638. The third kappa shape index (κ3) is 5.55. The van der Waals surface area contributed by atoms with Crippen molar-refractivity contribution in [3.8, 4) is 5.69 Å². The van der Waals surface area contributed by atoms with Crippen molar-refractivity contribution >= 4 is 40.0 Å². The molecule has 9 nitrogen and oxygen atoms in total. The first-order chi connectivity index (χ1) is 18.4. The molecule has 194 valence electrons. The zero-order valence-electron chi connectivity index (χ0n) is 20.9. The first-order valence-electron chi connectivity index (χ1n) is 12.3. The van der Waals surface area contributed by atoms with Crippen molar-refractivity contribution in [3.63, 3.8) is 0 Å². The maximum Gasteiger partial charge on any atom is 0.247 e. The van der Waals surface area contributed by atoms with E-state index in [0.717, 1.165) is 31.6 Å². The van der Waals surface area contributed by atoms with E-state index in [1.54, 1.807) is 35.0 Å². The van der Waals surface area contributed by atoms with Crippen LogP contribution in [0.3, 0.4) is 0 Å². The number of carbonyl (C=O) groups excluding carboxylic acids is 1. The Labute approximate surface area is 219 Å². The summed E-state index contributed by atoms with van der Waals surface area (Å²) in [4.78, 5) is 35.3. The fraction of sp³-hybridized carbons (Fsp3) is 0.214. The van der Waals surface area contributed by atoms with Crippen LogP contribution in [0.5, 0.6) is 0 Å². The summed E-state index contributed by atoms with van der Waals surface area (Å²) in [6, 6.07) is 13.7. The standard InChI is InChI=1S/C28H28FN7O2/c1-3-26(38)32-19-5-4-6-21(15-19)36-14-11-25(37)22-17-30-28(34-27(22)36)33-24-8-7-20(16-23(24)29)31-18-9-12-35(2)13-10-18/h3-8,11,14-18,31H,1,9-10,12-13H2,2H3,(H,32,38)(H,30,33,34). The Balaban J connectivity index is 1.41. The Kier molecular flexibility index (Phi) is 7.14. The molecular formula is C28H28FN7O2. The quantitative estimate of drug-likeness (QED) is 0.317. The van der Waals surface area contributed by atoms with Gasteiger partial charge in [0.1, 0.15) is 5.82 Å². The third-order valence-corrected chi connectivity index (χ3v) is 6.52. The Bertz CT molecular complexity index is 1560. The molecule has 0 atom stereocenters. The minimum atomic E-state index is -0.442. The molecule has 2 aromatic carbocycles. The number of anilines is 4. The summed E-state index contributed by atoms with van der Waals surface area (Å²) in [5.41, 5.74) is 2.26. The SMILES string of the molecule is C=CC(=O)Nc1cccc(-n2ccc(=O)c3cnc(Nc4ccc(NC5CCN(C)CC5)cc4F)nc32)c1. The van der Waals surface area contributed by atoms with Crippen LogP contribution in [0.4, 0.5) is 27.4 Å². The van der Waals surface area contributed by atoms with Crippen molar-refractivity contribution in [2.45, 2.75) is 18.9 Å². The van der Waals surface area contributed by atoms with E-state index in [0.29, 0.717) is 28.5 Å². The summed E-state index contributed by atoms with van der Waals surface area (Å²) in [5, 5.41) is 9.36. The third-order valence-electron chi connectivity index (χ3n) is 6.52. The molecule has 38 heavy (non-hydrogen) atoms. The normalized spacial score (nSPS) is 14.3. The van der Waals surface area contributed by atoms with Gasteiger partial charge in [-0.3, -0.25) is 9.59 Å². The molecule has 5 rings (SSSR count). The Hall–Kier alpha value is -4.57. The number of rotatable bonds is 7. The summed E-state index contributed by atoms with van der Waals surface area (Å²) in [6.45, 7) is 5.49. The van der Waals surface area contributed by atoms with Crippen molar-refractivity contribution in [1.82, 2.24) is 19.4 Å². The van der Waals surface area contributed by atoms with E-state index in [1.807, 2.05) is 12.1 Å². The fourth-order valence-electron chi connectivity index (χ4n) is 4.44. The zero-order chi connectivity index (χ0) is 26.6. The minimum Gasteiger partial charge on any atom is -0.382 e. The number of halogens is 1. The molecule has 1 aliphatic heterocycles. The van der Waals surface area contributed by atoms with Crippen LogP contribution in [0, 0.1) is 5.82 Å². The number of hydrogen-bond acceptors (Lipinski definition) is 7. The van der Waals surface area contributed by atoms with Crippen LogP contribution in [0.1, 0.15) is 12.8 Å². The monoisotopic (exact) mass is 513 g/mol. The highest BCUT2D eigenvalue weighted by Crippen LogP contribution is 2.25. The molecule has 0 spiro atoms. The molecule has 4 aromatic rings. The lowest BCUT2D eigenvalue weighted by molar-refractivity contribution is -0.111. The minimum absolute atomic E-state index is 0.142. The molecule has 3 heterocycles. The largest absolute Gasteiger partial charge is 0.382 e. The highest BCUT2D eigenvalue weighted by atomic mass is 19.1. The molecule has 0 radical (unpaired) electrons. The molecule has 3 N–H and O–H groups in total. The first kappa shape index (κ1) is 25.1. The van der Waals surface area contributed by atoms with Crippen LogP contribution in [0.2, 0.25) is 0 Å². The van der Waals surface area contributed by atoms with Crippen LogP contribution in [0.25, 0.3) is 16.7 Å². The average Bonchev–Trinajstić information content (AvgIpc) is 2.92. The average molecular weight is 514 g/mol. The van der Waals surface area contributed by atoms with E-state index < -0.39 is 5.82 Å². The van der Waals surface area contributed by atoms with Gasteiger partial charge in [-0.05, 0) is 75.5 Å². The summed E-state index contributed by atoms with van der Waals surface area (Å²) in [6.07, 6.45) is 6.21. The highest BCUT2D eigenvalue weighted by molar-refractivity contribution is 5.99. The molecule has 0 bridgehead atoms.